The largest absolute Gasteiger partial charge is 0.486 e. The lowest BCUT2D eigenvalue weighted by Gasteiger charge is -2.28. The Morgan fingerprint density at radius 2 is 1.91 bits per heavy atom. The molecule has 0 bridgehead atoms. The molecule has 0 N–H and O–H groups in total. The molecule has 2 aliphatic heterocycles. The second kappa shape index (κ2) is 6.03. The molecule has 1 amide bonds. The zero-order valence-corrected chi connectivity index (χ0v) is 13.4. The Labute approximate surface area is 135 Å². The van der Waals surface area contributed by atoms with Crippen LogP contribution in [0.3, 0.4) is 0 Å². The molecule has 1 aliphatic carbocycles. The van der Waals surface area contributed by atoms with Gasteiger partial charge < -0.3 is 14.4 Å². The summed E-state index contributed by atoms with van der Waals surface area (Å²) in [5, 5.41) is 0.129. The van der Waals surface area contributed by atoms with Gasteiger partial charge in [-0.1, -0.05) is 18.9 Å². The van der Waals surface area contributed by atoms with Gasteiger partial charge in [0.25, 0.3) is 0 Å². The number of hydrogen-bond donors (Lipinski definition) is 0. The molecule has 1 saturated heterocycles. The van der Waals surface area contributed by atoms with Crippen LogP contribution in [-0.4, -0.2) is 36.3 Å². The monoisotopic (exact) mass is 319 g/mol. The minimum absolute atomic E-state index is 0.129. The Morgan fingerprint density at radius 3 is 2.73 bits per heavy atom. The first-order valence-electron chi connectivity index (χ1n) is 8.14. The number of hydrogen-bond acceptors (Lipinski definition) is 4. The fourth-order valence-corrected chi connectivity index (χ4v) is 4.85. The number of carbonyl (C=O) groups is 1. The lowest BCUT2D eigenvalue weighted by molar-refractivity contribution is -0.135. The number of rotatable bonds is 2. The quantitative estimate of drug-likeness (QED) is 0.839. The summed E-state index contributed by atoms with van der Waals surface area (Å²) in [4.78, 5) is 14.9. The zero-order valence-electron chi connectivity index (χ0n) is 12.6. The summed E-state index contributed by atoms with van der Waals surface area (Å²) >= 11 is 1.85. The van der Waals surface area contributed by atoms with Gasteiger partial charge in [-0.2, -0.15) is 0 Å². The van der Waals surface area contributed by atoms with Crippen LogP contribution in [0.4, 0.5) is 0 Å². The third-order valence-corrected chi connectivity index (χ3v) is 5.99. The van der Waals surface area contributed by atoms with Crippen molar-refractivity contribution in [2.45, 2.75) is 31.1 Å². The van der Waals surface area contributed by atoms with Crippen LogP contribution in [0.25, 0.3) is 0 Å². The summed E-state index contributed by atoms with van der Waals surface area (Å²) in [5.41, 5.74) is 1.15. The molecule has 118 valence electrons. The van der Waals surface area contributed by atoms with Crippen molar-refractivity contribution in [3.63, 3.8) is 0 Å². The van der Waals surface area contributed by atoms with Gasteiger partial charge in [0.1, 0.15) is 18.6 Å². The second-order valence-corrected chi connectivity index (χ2v) is 7.33. The molecule has 22 heavy (non-hydrogen) atoms. The Bertz CT molecular complexity index is 571. The van der Waals surface area contributed by atoms with Crippen molar-refractivity contribution in [1.29, 1.82) is 0 Å². The van der Waals surface area contributed by atoms with E-state index in [9.17, 15) is 4.79 Å². The number of nitrogens with zero attached hydrogens (tertiary/aromatic N) is 1. The maximum absolute atomic E-state index is 12.8. The van der Waals surface area contributed by atoms with E-state index >= 15 is 0 Å². The fraction of sp³-hybridized carbons (Fsp3) is 0.588. The van der Waals surface area contributed by atoms with Crippen molar-refractivity contribution in [1.82, 2.24) is 4.90 Å². The average Bonchev–Trinajstić information content (AvgIpc) is 3.25. The third-order valence-electron chi connectivity index (χ3n) is 4.73. The Balaban J connectivity index is 1.56. The molecular formula is C17H21NO3S. The van der Waals surface area contributed by atoms with Crippen molar-refractivity contribution in [3.8, 4) is 11.5 Å². The van der Waals surface area contributed by atoms with E-state index in [-0.39, 0.29) is 11.3 Å². The van der Waals surface area contributed by atoms with E-state index in [1.54, 1.807) is 0 Å². The highest BCUT2D eigenvalue weighted by Crippen LogP contribution is 2.43. The lowest BCUT2D eigenvalue weighted by atomic mass is 10.1. The number of ether oxygens (including phenoxy) is 2. The molecule has 2 heterocycles. The van der Waals surface area contributed by atoms with Crippen LogP contribution in [0.2, 0.25) is 0 Å². The van der Waals surface area contributed by atoms with Crippen molar-refractivity contribution >= 4 is 17.7 Å². The van der Waals surface area contributed by atoms with Crippen molar-refractivity contribution in [2.24, 2.45) is 5.92 Å². The molecule has 4 nitrogen and oxygen atoms in total. The standard InChI is InChI=1S/C17H21NO3S/c19-16(12-3-1-2-4-12)18-7-10-22-17(18)13-5-6-14-15(11-13)21-9-8-20-14/h5-6,11-12,17H,1-4,7-10H2/t17-/m0/s1. The Morgan fingerprint density at radius 1 is 1.14 bits per heavy atom. The maximum atomic E-state index is 12.8. The minimum atomic E-state index is 0.129. The molecule has 0 unspecified atom stereocenters. The zero-order chi connectivity index (χ0) is 14.9. The highest BCUT2D eigenvalue weighted by Gasteiger charge is 2.35. The lowest BCUT2D eigenvalue weighted by Crippen LogP contribution is -2.34. The van der Waals surface area contributed by atoms with Gasteiger partial charge in [0.2, 0.25) is 5.91 Å². The summed E-state index contributed by atoms with van der Waals surface area (Å²) in [6.45, 7) is 2.06. The van der Waals surface area contributed by atoms with E-state index in [1.165, 1.54) is 12.8 Å². The Kier molecular flexibility index (Phi) is 3.90. The van der Waals surface area contributed by atoms with Crippen LogP contribution in [0, 0.1) is 5.92 Å². The predicted octanol–water partition coefficient (Wildman–Crippen LogP) is 3.22. The van der Waals surface area contributed by atoms with E-state index in [0.29, 0.717) is 19.1 Å². The smallest absolute Gasteiger partial charge is 0.226 e. The SMILES string of the molecule is O=C(C1CCCC1)N1CCS[C@H]1c1ccc2c(c1)OCCO2. The van der Waals surface area contributed by atoms with Crippen LogP contribution >= 0.6 is 11.8 Å². The van der Waals surface area contributed by atoms with Gasteiger partial charge in [-0.05, 0) is 30.5 Å². The van der Waals surface area contributed by atoms with Gasteiger partial charge >= 0.3 is 0 Å². The first-order chi connectivity index (χ1) is 10.8. The van der Waals surface area contributed by atoms with Gasteiger partial charge in [-0.3, -0.25) is 4.79 Å². The molecule has 1 saturated carbocycles. The number of carbonyl (C=O) groups excluding carboxylic acids is 1. The molecular weight excluding hydrogens is 298 g/mol. The van der Waals surface area contributed by atoms with Gasteiger partial charge in [0.15, 0.2) is 11.5 Å². The molecule has 4 rings (SSSR count). The van der Waals surface area contributed by atoms with Crippen molar-refractivity contribution in [2.75, 3.05) is 25.5 Å². The highest BCUT2D eigenvalue weighted by atomic mass is 32.2. The minimum Gasteiger partial charge on any atom is -0.486 e. The summed E-state index contributed by atoms with van der Waals surface area (Å²) in [6, 6.07) is 6.10. The van der Waals surface area contributed by atoms with Crippen LogP contribution in [0.5, 0.6) is 11.5 Å². The van der Waals surface area contributed by atoms with E-state index in [0.717, 1.165) is 42.2 Å². The summed E-state index contributed by atoms with van der Waals surface area (Å²) in [5.74, 6) is 3.23. The molecule has 3 aliphatic rings. The molecule has 0 spiro atoms. The second-order valence-electron chi connectivity index (χ2n) is 6.14. The topological polar surface area (TPSA) is 38.8 Å². The molecule has 1 atom stereocenters. The number of fused-ring (bicyclic) bond motifs is 1. The van der Waals surface area contributed by atoms with Crippen molar-refractivity contribution < 1.29 is 14.3 Å². The van der Waals surface area contributed by atoms with E-state index in [4.69, 9.17) is 9.47 Å². The van der Waals surface area contributed by atoms with E-state index in [1.807, 2.05) is 23.9 Å². The van der Waals surface area contributed by atoms with Gasteiger partial charge in [0, 0.05) is 18.2 Å². The van der Waals surface area contributed by atoms with E-state index in [2.05, 4.69) is 11.0 Å². The first kappa shape index (κ1) is 14.2. The predicted molar refractivity (Wildman–Crippen MR) is 86.3 cm³/mol. The van der Waals surface area contributed by atoms with Gasteiger partial charge in [-0.15, -0.1) is 11.8 Å². The molecule has 2 fully saturated rings. The highest BCUT2D eigenvalue weighted by molar-refractivity contribution is 7.99. The van der Waals surface area contributed by atoms with Crippen LogP contribution in [0.1, 0.15) is 36.6 Å². The van der Waals surface area contributed by atoms with Gasteiger partial charge in [-0.25, -0.2) is 0 Å². The fourth-order valence-electron chi connectivity index (χ4n) is 3.59. The molecule has 1 aromatic rings. The molecule has 0 radical (unpaired) electrons. The molecule has 1 aromatic carbocycles. The Hall–Kier alpha value is -1.36. The summed E-state index contributed by atoms with van der Waals surface area (Å²) in [6.07, 6.45) is 4.53. The van der Waals surface area contributed by atoms with Crippen LogP contribution in [-0.2, 0) is 4.79 Å². The third kappa shape index (κ3) is 2.56. The average molecular weight is 319 g/mol. The normalized spacial score (nSPS) is 24.7. The number of benzene rings is 1. The number of amides is 1. The van der Waals surface area contributed by atoms with Gasteiger partial charge in [0.05, 0.1) is 0 Å². The van der Waals surface area contributed by atoms with Crippen LogP contribution < -0.4 is 9.47 Å². The van der Waals surface area contributed by atoms with Crippen molar-refractivity contribution in [3.05, 3.63) is 23.8 Å². The summed E-state index contributed by atoms with van der Waals surface area (Å²) < 4.78 is 11.3. The number of thioether (sulfide) groups is 1. The first-order valence-corrected chi connectivity index (χ1v) is 9.19. The molecule has 0 aromatic heterocycles. The summed E-state index contributed by atoms with van der Waals surface area (Å²) in [7, 11) is 0. The molecule has 5 heteroatoms. The van der Waals surface area contributed by atoms with Crippen LogP contribution in [0.15, 0.2) is 18.2 Å². The van der Waals surface area contributed by atoms with E-state index < -0.39 is 0 Å². The maximum Gasteiger partial charge on any atom is 0.226 e.